The van der Waals surface area contributed by atoms with Crippen LogP contribution in [-0.4, -0.2) is 69.4 Å². The van der Waals surface area contributed by atoms with Gasteiger partial charge in [-0.05, 0) is 5.56 Å². The third kappa shape index (κ3) is 5.20. The average Bonchev–Trinajstić information content (AvgIpc) is 3.32. The van der Waals surface area contributed by atoms with Gasteiger partial charge in [-0.1, -0.05) is 23.9 Å². The van der Waals surface area contributed by atoms with Crippen LogP contribution in [0.15, 0.2) is 41.9 Å². The Bertz CT molecular complexity index is 1200. The Morgan fingerprint density at radius 2 is 1.91 bits per heavy atom. The van der Waals surface area contributed by atoms with Crippen LogP contribution in [0.25, 0.3) is 11.2 Å². The highest BCUT2D eigenvalue weighted by Gasteiger charge is 2.45. The van der Waals surface area contributed by atoms with Gasteiger partial charge in [0, 0.05) is 17.9 Å². The van der Waals surface area contributed by atoms with Crippen molar-refractivity contribution in [2.24, 2.45) is 0 Å². The number of ether oxygens (including phenoxy) is 1. The van der Waals surface area contributed by atoms with Gasteiger partial charge in [0.1, 0.15) is 35.2 Å². The second-order valence-corrected chi connectivity index (χ2v) is 9.25. The number of aliphatic hydroxyl groups excluding tert-OH is 2. The van der Waals surface area contributed by atoms with Crippen LogP contribution < -0.4 is 0 Å². The fourth-order valence-corrected chi connectivity index (χ4v) is 4.49. The van der Waals surface area contributed by atoms with Crippen molar-refractivity contribution in [1.29, 1.82) is 0 Å². The van der Waals surface area contributed by atoms with Gasteiger partial charge in [0.15, 0.2) is 11.9 Å². The Kier molecular flexibility index (Phi) is 6.74. The van der Waals surface area contributed by atoms with Crippen LogP contribution in [0.4, 0.5) is 5.69 Å². The fraction of sp³-hybridized carbons (Fsp3) is 0.353. The van der Waals surface area contributed by atoms with Gasteiger partial charge in [0.05, 0.1) is 17.9 Å². The maximum atomic E-state index is 10.9. The summed E-state index contributed by atoms with van der Waals surface area (Å²) in [5.41, 5.74) is 1.55. The molecule has 0 unspecified atom stereocenters. The second kappa shape index (κ2) is 9.40. The molecule has 4 rings (SSSR count). The van der Waals surface area contributed by atoms with E-state index in [-0.39, 0.29) is 5.69 Å². The van der Waals surface area contributed by atoms with E-state index < -0.39 is 43.9 Å². The number of fused-ring (bicyclic) bond motifs is 1. The molecule has 1 aliphatic heterocycles. The third-order valence-electron chi connectivity index (χ3n) is 4.87. The normalized spacial score (nSPS) is 23.3. The smallest absolute Gasteiger partial charge is 0.387 e. The van der Waals surface area contributed by atoms with Crippen LogP contribution in [0.2, 0.25) is 0 Å². The largest absolute Gasteiger partial charge is 0.469 e. The lowest BCUT2D eigenvalue weighted by Crippen LogP contribution is -2.33. The second-order valence-electron chi connectivity index (χ2n) is 7.05. The highest BCUT2D eigenvalue weighted by atomic mass is 32.2. The summed E-state index contributed by atoms with van der Waals surface area (Å²) < 4.78 is 22.2. The molecule has 4 N–H and O–H groups in total. The SMILES string of the molecule is O=[N+]([O-])c1ccc(CSc2ncnc3c2ncn3[C@@H]2O[C@H](COP(=O)(O)O)[C@@H](O)[C@H]2O)cc1. The summed E-state index contributed by atoms with van der Waals surface area (Å²) >= 11 is 1.33. The highest BCUT2D eigenvalue weighted by molar-refractivity contribution is 7.98. The van der Waals surface area contributed by atoms with Crippen LogP contribution >= 0.6 is 19.6 Å². The summed E-state index contributed by atoms with van der Waals surface area (Å²) in [5, 5.41) is 31.9. The molecule has 4 atom stereocenters. The van der Waals surface area contributed by atoms with Crippen LogP contribution in [0.1, 0.15) is 11.8 Å². The minimum Gasteiger partial charge on any atom is -0.387 e. The van der Waals surface area contributed by atoms with E-state index in [1.165, 1.54) is 41.1 Å². The fourth-order valence-electron chi connectivity index (χ4n) is 3.26. The molecule has 1 aromatic carbocycles. The van der Waals surface area contributed by atoms with E-state index in [0.717, 1.165) is 5.56 Å². The number of imidazole rings is 1. The van der Waals surface area contributed by atoms with Crippen molar-refractivity contribution in [3.05, 3.63) is 52.6 Å². The lowest BCUT2D eigenvalue weighted by atomic mass is 10.1. The van der Waals surface area contributed by atoms with Crippen LogP contribution in [0.5, 0.6) is 0 Å². The van der Waals surface area contributed by atoms with E-state index in [1.807, 2.05) is 0 Å². The Morgan fingerprint density at radius 3 is 2.58 bits per heavy atom. The Balaban J connectivity index is 1.51. The van der Waals surface area contributed by atoms with Crippen molar-refractivity contribution in [3.63, 3.8) is 0 Å². The first-order chi connectivity index (χ1) is 15.6. The first-order valence-electron chi connectivity index (χ1n) is 9.39. The number of rotatable bonds is 8. The van der Waals surface area contributed by atoms with Crippen molar-refractivity contribution in [1.82, 2.24) is 19.5 Å². The molecule has 16 heteroatoms. The molecule has 2 aromatic heterocycles. The van der Waals surface area contributed by atoms with Crippen LogP contribution in [0, 0.1) is 10.1 Å². The maximum absolute atomic E-state index is 10.9. The van der Waals surface area contributed by atoms with E-state index >= 15 is 0 Å². The number of hydrogen-bond donors (Lipinski definition) is 4. The number of non-ortho nitro benzene ring substituents is 1. The van der Waals surface area contributed by atoms with Gasteiger partial charge < -0.3 is 24.7 Å². The molecule has 1 saturated heterocycles. The third-order valence-corrected chi connectivity index (χ3v) is 6.40. The topological polar surface area (TPSA) is 203 Å². The minimum atomic E-state index is -4.78. The lowest BCUT2D eigenvalue weighted by molar-refractivity contribution is -0.384. The molecule has 1 aliphatic rings. The van der Waals surface area contributed by atoms with E-state index in [4.69, 9.17) is 14.5 Å². The number of phosphoric acid groups is 1. The number of aliphatic hydroxyl groups is 2. The van der Waals surface area contributed by atoms with Gasteiger partial charge >= 0.3 is 7.82 Å². The number of benzene rings is 1. The molecule has 0 aliphatic carbocycles. The van der Waals surface area contributed by atoms with Crippen LogP contribution in [0.3, 0.4) is 0 Å². The molecule has 33 heavy (non-hydrogen) atoms. The zero-order chi connectivity index (χ0) is 23.8. The molecular weight excluding hydrogens is 481 g/mol. The monoisotopic (exact) mass is 499 g/mol. The molecule has 1 fully saturated rings. The minimum absolute atomic E-state index is 0.00581. The Morgan fingerprint density at radius 1 is 1.18 bits per heavy atom. The number of aromatic nitrogens is 4. The van der Waals surface area contributed by atoms with Crippen molar-refractivity contribution >= 4 is 36.4 Å². The molecule has 0 bridgehead atoms. The quantitative estimate of drug-likeness (QED) is 0.111. The van der Waals surface area contributed by atoms with Gasteiger partial charge in [-0.3, -0.25) is 19.2 Å². The van der Waals surface area contributed by atoms with Gasteiger partial charge in [-0.25, -0.2) is 19.5 Å². The van der Waals surface area contributed by atoms with Crippen LogP contribution in [-0.2, 0) is 19.6 Å². The van der Waals surface area contributed by atoms with Gasteiger partial charge in [0.2, 0.25) is 0 Å². The molecule has 0 amide bonds. The lowest BCUT2D eigenvalue weighted by Gasteiger charge is -2.16. The van der Waals surface area contributed by atoms with Crippen molar-refractivity contribution in [3.8, 4) is 0 Å². The molecule has 14 nitrogen and oxygen atoms in total. The molecular formula is C17H18N5O9PS. The Labute approximate surface area is 189 Å². The van der Waals surface area contributed by atoms with E-state index in [9.17, 15) is 24.9 Å². The standard InChI is InChI=1S/C17H18N5O9PS/c23-13-11(5-30-32(27,28)29)31-17(14(13)24)21-8-20-12-15(21)18-7-19-16(12)33-6-9-1-3-10(4-2-9)22(25)26/h1-4,7-8,11,13-14,17,23-24H,5-6H2,(H2,27,28,29)/t11-,13-,14-,17-/m1/s1. The number of thioether (sulfide) groups is 1. The first-order valence-corrected chi connectivity index (χ1v) is 11.9. The van der Waals surface area contributed by atoms with Crippen molar-refractivity contribution in [2.75, 3.05) is 6.61 Å². The predicted octanol–water partition coefficient (Wildman–Crippen LogP) is 0.755. The summed E-state index contributed by atoms with van der Waals surface area (Å²) in [6.07, 6.45) is -2.56. The molecule has 0 radical (unpaired) electrons. The number of nitro benzene ring substituents is 1. The number of nitrogens with zero attached hydrogens (tertiary/aromatic N) is 5. The first kappa shape index (κ1) is 23.7. The van der Waals surface area contributed by atoms with E-state index in [1.54, 1.807) is 12.1 Å². The van der Waals surface area contributed by atoms with Crippen molar-refractivity contribution in [2.45, 2.75) is 35.3 Å². The number of hydrogen-bond acceptors (Lipinski definition) is 11. The van der Waals surface area contributed by atoms with E-state index in [2.05, 4.69) is 19.5 Å². The van der Waals surface area contributed by atoms with E-state index in [0.29, 0.717) is 21.9 Å². The Hall–Kier alpha value is -2.49. The zero-order valence-corrected chi connectivity index (χ0v) is 18.3. The zero-order valence-electron chi connectivity index (χ0n) is 16.6. The number of nitro groups is 1. The summed E-state index contributed by atoms with van der Waals surface area (Å²) in [6.45, 7) is -0.628. The molecule has 176 valence electrons. The average molecular weight is 499 g/mol. The van der Waals surface area contributed by atoms with Crippen molar-refractivity contribution < 1.29 is 38.7 Å². The van der Waals surface area contributed by atoms with Gasteiger partial charge in [-0.2, -0.15) is 0 Å². The summed E-state index contributed by atoms with van der Waals surface area (Å²) in [7, 11) is -4.78. The molecule has 0 saturated carbocycles. The van der Waals surface area contributed by atoms with Gasteiger partial charge in [-0.15, -0.1) is 0 Å². The molecule has 0 spiro atoms. The summed E-state index contributed by atoms with van der Waals surface area (Å²) in [6, 6.07) is 6.12. The number of phosphoric ester groups is 1. The molecule has 3 aromatic rings. The summed E-state index contributed by atoms with van der Waals surface area (Å²) in [5.74, 6) is 0.458. The highest BCUT2D eigenvalue weighted by Crippen LogP contribution is 2.39. The summed E-state index contributed by atoms with van der Waals surface area (Å²) in [4.78, 5) is 40.7. The molecule has 3 heterocycles. The van der Waals surface area contributed by atoms with Gasteiger partial charge in [0.25, 0.3) is 5.69 Å². The maximum Gasteiger partial charge on any atom is 0.469 e. The predicted molar refractivity (Wildman–Crippen MR) is 112 cm³/mol.